The lowest BCUT2D eigenvalue weighted by Gasteiger charge is -2.09. The summed E-state index contributed by atoms with van der Waals surface area (Å²) in [4.78, 5) is 0. The molecule has 0 atom stereocenters. The standard InChI is InChI=1S/C13H9ClF3N/c14-9-2-1-3-11(16)13(9)18-7-8-4-5-10(15)12(17)6-8/h1-6,18H,7H2. The zero-order valence-electron chi connectivity index (χ0n) is 9.18. The van der Waals surface area contributed by atoms with Crippen LogP contribution in [0.4, 0.5) is 18.9 Å². The molecule has 0 heterocycles. The normalized spacial score (nSPS) is 10.4. The Morgan fingerprint density at radius 3 is 2.39 bits per heavy atom. The van der Waals surface area contributed by atoms with Gasteiger partial charge in [-0.05, 0) is 29.8 Å². The first kappa shape index (κ1) is 12.8. The van der Waals surface area contributed by atoms with E-state index in [9.17, 15) is 13.2 Å². The molecule has 0 fully saturated rings. The van der Waals surface area contributed by atoms with Crippen LogP contribution in [-0.4, -0.2) is 0 Å². The zero-order chi connectivity index (χ0) is 13.1. The Balaban J connectivity index is 2.14. The maximum absolute atomic E-state index is 13.4. The van der Waals surface area contributed by atoms with Crippen molar-refractivity contribution in [3.05, 3.63) is 64.4 Å². The third-order valence-corrected chi connectivity index (χ3v) is 2.73. The van der Waals surface area contributed by atoms with E-state index in [0.29, 0.717) is 5.56 Å². The van der Waals surface area contributed by atoms with Crippen molar-refractivity contribution in [1.82, 2.24) is 0 Å². The second kappa shape index (κ2) is 5.31. The molecule has 0 saturated heterocycles. The van der Waals surface area contributed by atoms with Crippen LogP contribution in [0.2, 0.25) is 5.02 Å². The molecule has 2 aromatic rings. The molecular weight excluding hydrogens is 263 g/mol. The Labute approximate surface area is 107 Å². The number of rotatable bonds is 3. The summed E-state index contributed by atoms with van der Waals surface area (Å²) in [5.41, 5.74) is 0.636. The molecule has 1 nitrogen and oxygen atoms in total. The second-order valence-electron chi connectivity index (χ2n) is 3.70. The molecule has 0 amide bonds. The third-order valence-electron chi connectivity index (χ3n) is 2.42. The van der Waals surface area contributed by atoms with Crippen molar-refractivity contribution in [3.8, 4) is 0 Å². The van der Waals surface area contributed by atoms with Crippen LogP contribution in [0.5, 0.6) is 0 Å². The van der Waals surface area contributed by atoms with Crippen molar-refractivity contribution in [3.63, 3.8) is 0 Å². The number of hydrogen-bond acceptors (Lipinski definition) is 1. The predicted octanol–water partition coefficient (Wildman–Crippen LogP) is 4.37. The summed E-state index contributed by atoms with van der Waals surface area (Å²) in [5.74, 6) is -2.35. The number of benzene rings is 2. The van der Waals surface area contributed by atoms with E-state index in [2.05, 4.69) is 5.32 Å². The highest BCUT2D eigenvalue weighted by Gasteiger charge is 2.07. The smallest absolute Gasteiger partial charge is 0.159 e. The molecule has 0 aliphatic rings. The highest BCUT2D eigenvalue weighted by molar-refractivity contribution is 6.33. The van der Waals surface area contributed by atoms with Crippen molar-refractivity contribution in [2.24, 2.45) is 0 Å². The van der Waals surface area contributed by atoms with Crippen LogP contribution >= 0.6 is 11.6 Å². The molecule has 2 aromatic carbocycles. The summed E-state index contributed by atoms with van der Waals surface area (Å²) in [6.07, 6.45) is 0. The third kappa shape index (κ3) is 2.76. The van der Waals surface area contributed by atoms with Crippen molar-refractivity contribution in [2.45, 2.75) is 6.54 Å². The average molecular weight is 272 g/mol. The number of anilines is 1. The zero-order valence-corrected chi connectivity index (χ0v) is 9.94. The van der Waals surface area contributed by atoms with Gasteiger partial charge in [0, 0.05) is 6.54 Å². The molecule has 0 bridgehead atoms. The SMILES string of the molecule is Fc1ccc(CNc2c(F)cccc2Cl)cc1F. The van der Waals surface area contributed by atoms with Crippen molar-refractivity contribution in [2.75, 3.05) is 5.32 Å². The van der Waals surface area contributed by atoms with E-state index < -0.39 is 17.5 Å². The Morgan fingerprint density at radius 2 is 1.72 bits per heavy atom. The second-order valence-corrected chi connectivity index (χ2v) is 4.11. The predicted molar refractivity (Wildman–Crippen MR) is 65.1 cm³/mol. The van der Waals surface area contributed by atoms with Crippen LogP contribution in [0.3, 0.4) is 0 Å². The minimum Gasteiger partial charge on any atom is -0.377 e. The van der Waals surface area contributed by atoms with Gasteiger partial charge in [-0.2, -0.15) is 0 Å². The fourth-order valence-electron chi connectivity index (χ4n) is 1.51. The largest absolute Gasteiger partial charge is 0.377 e. The van der Waals surface area contributed by atoms with Gasteiger partial charge < -0.3 is 5.32 Å². The molecule has 0 spiro atoms. The van der Waals surface area contributed by atoms with Gasteiger partial charge >= 0.3 is 0 Å². The van der Waals surface area contributed by atoms with Crippen LogP contribution in [0.15, 0.2) is 36.4 Å². The molecule has 0 saturated carbocycles. The Hall–Kier alpha value is -1.68. The lowest BCUT2D eigenvalue weighted by Crippen LogP contribution is -2.03. The first-order chi connectivity index (χ1) is 8.58. The minimum atomic E-state index is -0.936. The Kier molecular flexibility index (Phi) is 3.77. The summed E-state index contributed by atoms with van der Waals surface area (Å²) in [7, 11) is 0. The van der Waals surface area contributed by atoms with Gasteiger partial charge in [0.15, 0.2) is 11.6 Å². The Bertz CT molecular complexity index is 552. The van der Waals surface area contributed by atoms with Gasteiger partial charge in [-0.15, -0.1) is 0 Å². The minimum absolute atomic E-state index is 0.142. The molecule has 0 aliphatic carbocycles. The van der Waals surface area contributed by atoms with E-state index in [4.69, 9.17) is 11.6 Å². The van der Waals surface area contributed by atoms with Gasteiger partial charge in [-0.25, -0.2) is 13.2 Å². The van der Waals surface area contributed by atoms with Gasteiger partial charge in [-0.1, -0.05) is 23.7 Å². The van der Waals surface area contributed by atoms with Gasteiger partial charge in [0.1, 0.15) is 5.82 Å². The summed E-state index contributed by atoms with van der Waals surface area (Å²) in [6, 6.07) is 7.78. The highest BCUT2D eigenvalue weighted by atomic mass is 35.5. The van der Waals surface area contributed by atoms with Crippen LogP contribution in [0, 0.1) is 17.5 Å². The van der Waals surface area contributed by atoms with E-state index in [1.54, 1.807) is 0 Å². The Morgan fingerprint density at radius 1 is 0.944 bits per heavy atom. The molecule has 1 N–H and O–H groups in total. The van der Waals surface area contributed by atoms with E-state index in [1.165, 1.54) is 24.3 Å². The van der Waals surface area contributed by atoms with E-state index in [0.717, 1.165) is 12.1 Å². The lowest BCUT2D eigenvalue weighted by atomic mass is 10.2. The fourth-order valence-corrected chi connectivity index (χ4v) is 1.74. The molecule has 0 aromatic heterocycles. The molecule has 5 heteroatoms. The van der Waals surface area contributed by atoms with Gasteiger partial charge in [-0.3, -0.25) is 0 Å². The highest BCUT2D eigenvalue weighted by Crippen LogP contribution is 2.25. The van der Waals surface area contributed by atoms with Crippen molar-refractivity contribution < 1.29 is 13.2 Å². The fraction of sp³-hybridized carbons (Fsp3) is 0.0769. The summed E-state index contributed by atoms with van der Waals surface area (Å²) in [5, 5.41) is 2.98. The maximum Gasteiger partial charge on any atom is 0.159 e. The number of para-hydroxylation sites is 1. The summed E-state index contributed by atoms with van der Waals surface area (Å²) < 4.78 is 39.1. The maximum atomic E-state index is 13.4. The van der Waals surface area contributed by atoms with E-state index in [-0.39, 0.29) is 17.3 Å². The topological polar surface area (TPSA) is 12.0 Å². The number of halogens is 4. The quantitative estimate of drug-likeness (QED) is 0.874. The van der Waals surface area contributed by atoms with Crippen LogP contribution in [0.1, 0.15) is 5.56 Å². The van der Waals surface area contributed by atoms with Gasteiger partial charge in [0.2, 0.25) is 0 Å². The average Bonchev–Trinajstić information content (AvgIpc) is 2.33. The van der Waals surface area contributed by atoms with E-state index >= 15 is 0 Å². The molecule has 2 rings (SSSR count). The summed E-state index contributed by atoms with van der Waals surface area (Å²) >= 11 is 5.82. The first-order valence-electron chi connectivity index (χ1n) is 5.20. The van der Waals surface area contributed by atoms with Gasteiger partial charge in [0.05, 0.1) is 10.7 Å². The van der Waals surface area contributed by atoms with Crippen molar-refractivity contribution >= 4 is 17.3 Å². The molecule has 0 unspecified atom stereocenters. The molecule has 18 heavy (non-hydrogen) atoms. The molecule has 0 aliphatic heterocycles. The number of hydrogen-bond donors (Lipinski definition) is 1. The van der Waals surface area contributed by atoms with E-state index in [1.807, 2.05) is 0 Å². The van der Waals surface area contributed by atoms with Crippen LogP contribution < -0.4 is 5.32 Å². The molecule has 0 radical (unpaired) electrons. The number of nitrogens with one attached hydrogen (secondary N) is 1. The van der Waals surface area contributed by atoms with Crippen LogP contribution in [0.25, 0.3) is 0 Å². The monoisotopic (exact) mass is 271 g/mol. The van der Waals surface area contributed by atoms with Gasteiger partial charge in [0.25, 0.3) is 0 Å². The summed E-state index contributed by atoms with van der Waals surface area (Å²) in [6.45, 7) is 0.151. The van der Waals surface area contributed by atoms with Crippen molar-refractivity contribution in [1.29, 1.82) is 0 Å². The molecule has 94 valence electrons. The first-order valence-corrected chi connectivity index (χ1v) is 5.57. The lowest BCUT2D eigenvalue weighted by molar-refractivity contribution is 0.507. The van der Waals surface area contributed by atoms with Crippen LogP contribution in [-0.2, 0) is 6.54 Å². The molecular formula is C13H9ClF3N.